The number of hydrogen-bond acceptors (Lipinski definition) is 5. The van der Waals surface area contributed by atoms with Crippen molar-refractivity contribution < 1.29 is 14.6 Å². The Kier molecular flexibility index (Phi) is 9.61. The molecule has 0 radical (unpaired) electrons. The number of rotatable bonds is 6. The van der Waals surface area contributed by atoms with E-state index in [1.807, 2.05) is 4.90 Å². The Morgan fingerprint density at radius 2 is 2.04 bits per heavy atom. The van der Waals surface area contributed by atoms with E-state index in [0.29, 0.717) is 19.1 Å². The topological polar surface area (TPSA) is 65.0 Å². The van der Waals surface area contributed by atoms with Crippen molar-refractivity contribution in [1.82, 2.24) is 15.1 Å². The highest BCUT2D eigenvalue weighted by molar-refractivity contribution is 5.85. The van der Waals surface area contributed by atoms with Crippen molar-refractivity contribution >= 4 is 30.7 Å². The molecule has 0 aromatic rings. The van der Waals surface area contributed by atoms with Crippen LogP contribution < -0.4 is 5.32 Å². The lowest BCUT2D eigenvalue weighted by Crippen LogP contribution is -2.49. The van der Waals surface area contributed by atoms with Gasteiger partial charge in [0.2, 0.25) is 5.91 Å². The van der Waals surface area contributed by atoms with Crippen LogP contribution in [0.1, 0.15) is 39.0 Å². The maximum atomic E-state index is 12.4. The largest absolute Gasteiger partial charge is 0.391 e. The Morgan fingerprint density at radius 1 is 1.31 bits per heavy atom. The van der Waals surface area contributed by atoms with E-state index in [-0.39, 0.29) is 48.3 Å². The smallest absolute Gasteiger partial charge is 0.224 e. The molecule has 0 bridgehead atoms. The summed E-state index contributed by atoms with van der Waals surface area (Å²) in [7, 11) is 1.71. The monoisotopic (exact) mass is 411 g/mol. The van der Waals surface area contributed by atoms with Gasteiger partial charge in [0.05, 0.1) is 18.8 Å². The van der Waals surface area contributed by atoms with Crippen LogP contribution in [0.4, 0.5) is 0 Å². The normalized spacial score (nSPS) is 29.5. The van der Waals surface area contributed by atoms with E-state index in [9.17, 15) is 9.90 Å². The Labute approximate surface area is 169 Å². The number of amides is 1. The number of carbonyl (C=O) groups is 1. The number of aliphatic hydroxyl groups is 1. The van der Waals surface area contributed by atoms with Gasteiger partial charge < -0.3 is 25.0 Å². The van der Waals surface area contributed by atoms with Gasteiger partial charge in [-0.1, -0.05) is 0 Å². The lowest BCUT2D eigenvalue weighted by molar-refractivity contribution is -0.134. The van der Waals surface area contributed by atoms with Gasteiger partial charge in [0, 0.05) is 45.8 Å². The number of β-amino-alcohol motifs (C(OH)–C–C–N with tert-alkyl or cyclic N) is 1. The molecule has 3 aliphatic rings. The second-order valence-electron chi connectivity index (χ2n) is 7.98. The molecule has 2 N–H and O–H groups in total. The fourth-order valence-corrected chi connectivity index (χ4v) is 4.26. The Balaban J connectivity index is 0.00000169. The SMILES string of the molecule is COC[C@H](CCN1CCC2(CC2)[C@H](O)C1)N1C[C@@H](C)NCCC1=O.Cl.Cl. The molecule has 26 heavy (non-hydrogen) atoms. The van der Waals surface area contributed by atoms with Gasteiger partial charge in [-0.05, 0) is 44.6 Å². The minimum atomic E-state index is -0.170. The molecule has 8 heteroatoms. The minimum absolute atomic E-state index is 0. The van der Waals surface area contributed by atoms with Crippen molar-refractivity contribution in [3.63, 3.8) is 0 Å². The molecule has 1 amide bonds. The molecule has 3 rings (SSSR count). The predicted molar refractivity (Wildman–Crippen MR) is 107 cm³/mol. The van der Waals surface area contributed by atoms with Gasteiger partial charge in [0.25, 0.3) is 0 Å². The fourth-order valence-electron chi connectivity index (χ4n) is 4.26. The molecule has 0 aromatic heterocycles. The summed E-state index contributed by atoms with van der Waals surface area (Å²) in [6, 6.07) is 0.446. The Bertz CT molecular complexity index is 451. The standard InChI is InChI=1S/C18H33N3O3.2ClH/c1-14-11-21(17(23)3-8-19-14)15(13-24-2)4-9-20-10-7-18(5-6-18)16(22)12-20;;/h14-16,19,22H,3-13H2,1-2H3;2*1H/t14-,15+,16-;;/m1../s1. The lowest BCUT2D eigenvalue weighted by Gasteiger charge is -2.38. The van der Waals surface area contributed by atoms with Gasteiger partial charge in [-0.15, -0.1) is 24.8 Å². The molecule has 1 saturated carbocycles. The Morgan fingerprint density at radius 3 is 2.65 bits per heavy atom. The number of likely N-dealkylation sites (tertiary alicyclic amines) is 1. The quantitative estimate of drug-likeness (QED) is 0.689. The number of nitrogens with one attached hydrogen (secondary N) is 1. The molecule has 2 aliphatic heterocycles. The van der Waals surface area contributed by atoms with Crippen LogP contribution in [0.5, 0.6) is 0 Å². The lowest BCUT2D eigenvalue weighted by atomic mass is 9.90. The highest BCUT2D eigenvalue weighted by Crippen LogP contribution is 2.53. The second-order valence-corrected chi connectivity index (χ2v) is 7.98. The Hall–Kier alpha value is -0.110. The zero-order valence-corrected chi connectivity index (χ0v) is 17.6. The highest BCUT2D eigenvalue weighted by atomic mass is 35.5. The summed E-state index contributed by atoms with van der Waals surface area (Å²) in [6.07, 6.45) is 4.81. The first-order chi connectivity index (χ1) is 11.5. The third-order valence-electron chi connectivity index (χ3n) is 6.16. The number of methoxy groups -OCH3 is 1. The molecule has 2 heterocycles. The summed E-state index contributed by atoms with van der Waals surface area (Å²) in [4.78, 5) is 16.8. The summed E-state index contributed by atoms with van der Waals surface area (Å²) in [5.74, 6) is 0.226. The zero-order chi connectivity index (χ0) is 17.2. The van der Waals surface area contributed by atoms with E-state index in [2.05, 4.69) is 17.1 Å². The first-order valence-corrected chi connectivity index (χ1v) is 9.46. The van der Waals surface area contributed by atoms with E-state index in [1.165, 1.54) is 12.8 Å². The number of piperidine rings is 1. The summed E-state index contributed by atoms with van der Waals surface area (Å²) in [5.41, 5.74) is 0.254. The van der Waals surface area contributed by atoms with Gasteiger partial charge in [-0.25, -0.2) is 0 Å². The maximum absolute atomic E-state index is 12.4. The zero-order valence-electron chi connectivity index (χ0n) is 16.0. The molecule has 1 aliphatic carbocycles. The summed E-state index contributed by atoms with van der Waals surface area (Å²) >= 11 is 0. The van der Waals surface area contributed by atoms with Crippen LogP contribution in [0.2, 0.25) is 0 Å². The van der Waals surface area contributed by atoms with Gasteiger partial charge in [0.1, 0.15) is 0 Å². The van der Waals surface area contributed by atoms with Crippen LogP contribution in [0.25, 0.3) is 0 Å². The van der Waals surface area contributed by atoms with Crippen molar-refractivity contribution in [2.24, 2.45) is 5.41 Å². The second kappa shape index (κ2) is 10.4. The first-order valence-electron chi connectivity index (χ1n) is 9.46. The predicted octanol–water partition coefficient (Wildman–Crippen LogP) is 1.29. The molecule has 3 atom stereocenters. The maximum Gasteiger partial charge on any atom is 0.224 e. The van der Waals surface area contributed by atoms with Crippen LogP contribution >= 0.6 is 24.8 Å². The van der Waals surface area contributed by atoms with Gasteiger partial charge >= 0.3 is 0 Å². The van der Waals surface area contributed by atoms with E-state index in [0.717, 1.165) is 45.6 Å². The average Bonchev–Trinajstić information content (AvgIpc) is 3.34. The number of hydrogen-bond donors (Lipinski definition) is 2. The molecule has 0 unspecified atom stereocenters. The molecule has 2 saturated heterocycles. The van der Waals surface area contributed by atoms with E-state index < -0.39 is 0 Å². The first kappa shape index (κ1) is 23.9. The van der Waals surface area contributed by atoms with E-state index >= 15 is 0 Å². The number of nitrogens with zero attached hydrogens (tertiary/aromatic N) is 2. The van der Waals surface area contributed by atoms with E-state index in [4.69, 9.17) is 4.74 Å². The van der Waals surface area contributed by atoms with Gasteiger partial charge in [0.15, 0.2) is 0 Å². The van der Waals surface area contributed by atoms with E-state index in [1.54, 1.807) is 7.11 Å². The molecule has 3 fully saturated rings. The molecular weight excluding hydrogens is 377 g/mol. The van der Waals surface area contributed by atoms with Gasteiger partial charge in [-0.2, -0.15) is 0 Å². The summed E-state index contributed by atoms with van der Waals surface area (Å²) < 4.78 is 5.40. The van der Waals surface area contributed by atoms with Gasteiger partial charge in [-0.3, -0.25) is 4.79 Å². The van der Waals surface area contributed by atoms with Crippen molar-refractivity contribution in [2.75, 3.05) is 46.4 Å². The third kappa shape index (κ3) is 5.69. The molecule has 0 aromatic carbocycles. The number of ether oxygens (including phenoxy) is 1. The van der Waals surface area contributed by atoms with Crippen molar-refractivity contribution in [3.05, 3.63) is 0 Å². The van der Waals surface area contributed by atoms with Crippen molar-refractivity contribution in [2.45, 2.75) is 57.2 Å². The summed E-state index contributed by atoms with van der Waals surface area (Å²) in [6.45, 7) is 7.00. The number of aliphatic hydroxyl groups excluding tert-OH is 1. The molecular formula is C18H35Cl2N3O3. The molecule has 1 spiro atoms. The average molecular weight is 412 g/mol. The van der Waals surface area contributed by atoms with Crippen LogP contribution in [0.3, 0.4) is 0 Å². The molecule has 154 valence electrons. The molecule has 6 nitrogen and oxygen atoms in total. The van der Waals surface area contributed by atoms with Crippen LogP contribution in [0, 0.1) is 5.41 Å². The van der Waals surface area contributed by atoms with Crippen LogP contribution in [0.15, 0.2) is 0 Å². The van der Waals surface area contributed by atoms with Crippen LogP contribution in [-0.4, -0.2) is 85.4 Å². The van der Waals surface area contributed by atoms with Crippen molar-refractivity contribution in [3.8, 4) is 0 Å². The minimum Gasteiger partial charge on any atom is -0.391 e. The number of carbonyl (C=O) groups excluding carboxylic acids is 1. The van der Waals surface area contributed by atoms with Crippen LogP contribution in [-0.2, 0) is 9.53 Å². The highest BCUT2D eigenvalue weighted by Gasteiger charge is 2.51. The third-order valence-corrected chi connectivity index (χ3v) is 6.16. The van der Waals surface area contributed by atoms with Crippen molar-refractivity contribution in [1.29, 1.82) is 0 Å². The fraction of sp³-hybridized carbons (Fsp3) is 0.944. The number of halogens is 2. The summed E-state index contributed by atoms with van der Waals surface area (Å²) in [5, 5.41) is 13.7.